The molecule has 134 valence electrons. The lowest BCUT2D eigenvalue weighted by Gasteiger charge is -2.09. The Balaban J connectivity index is 2.08. The second kappa shape index (κ2) is 8.63. The third kappa shape index (κ3) is 5.05. The molecule has 8 nitrogen and oxygen atoms in total. The zero-order valence-corrected chi connectivity index (χ0v) is 14.2. The van der Waals surface area contributed by atoms with Gasteiger partial charge < -0.3 is 16.0 Å². The molecule has 0 aliphatic rings. The predicted molar refractivity (Wildman–Crippen MR) is 99.7 cm³/mol. The first-order valence-corrected chi connectivity index (χ1v) is 7.79. The number of urea groups is 1. The molecule has 3 N–H and O–H groups in total. The molecule has 2 aromatic rings. The Bertz CT molecular complexity index is 852. The van der Waals surface area contributed by atoms with E-state index in [2.05, 4.69) is 22.5 Å². The third-order valence-corrected chi connectivity index (χ3v) is 3.44. The van der Waals surface area contributed by atoms with E-state index in [9.17, 15) is 19.7 Å². The summed E-state index contributed by atoms with van der Waals surface area (Å²) in [6.45, 7) is 3.82. The summed E-state index contributed by atoms with van der Waals surface area (Å²) in [5, 5.41) is 19.0. The zero-order valence-electron chi connectivity index (χ0n) is 13.5. The zero-order chi connectivity index (χ0) is 19.1. The normalized spacial score (nSPS) is 9.88. The first-order chi connectivity index (χ1) is 12.4. The van der Waals surface area contributed by atoms with E-state index in [-0.39, 0.29) is 16.3 Å². The van der Waals surface area contributed by atoms with Crippen LogP contribution in [-0.2, 0) is 0 Å². The third-order valence-electron chi connectivity index (χ3n) is 3.21. The number of anilines is 2. The van der Waals surface area contributed by atoms with E-state index in [1.54, 1.807) is 30.3 Å². The van der Waals surface area contributed by atoms with Crippen molar-refractivity contribution < 1.29 is 14.5 Å². The number of carbonyl (C=O) groups excluding carboxylic acids is 2. The molecule has 0 aliphatic carbocycles. The lowest BCUT2D eigenvalue weighted by molar-refractivity contribution is -0.385. The number of halogens is 1. The van der Waals surface area contributed by atoms with Crippen LogP contribution in [0.5, 0.6) is 0 Å². The van der Waals surface area contributed by atoms with Crippen molar-refractivity contribution in [2.24, 2.45) is 0 Å². The van der Waals surface area contributed by atoms with Crippen LogP contribution in [0.15, 0.2) is 55.1 Å². The quantitative estimate of drug-likeness (QED) is 0.405. The van der Waals surface area contributed by atoms with Crippen molar-refractivity contribution in [1.82, 2.24) is 5.32 Å². The summed E-state index contributed by atoms with van der Waals surface area (Å²) in [7, 11) is 0. The van der Waals surface area contributed by atoms with E-state index < -0.39 is 16.9 Å². The summed E-state index contributed by atoms with van der Waals surface area (Å²) >= 11 is 5.82. The highest BCUT2D eigenvalue weighted by Crippen LogP contribution is 2.24. The molecule has 0 saturated heterocycles. The molecule has 0 aliphatic heterocycles. The molecule has 0 spiro atoms. The van der Waals surface area contributed by atoms with Gasteiger partial charge in [-0.05, 0) is 36.4 Å². The second-order valence-corrected chi connectivity index (χ2v) is 5.51. The molecule has 3 amide bonds. The van der Waals surface area contributed by atoms with Gasteiger partial charge in [-0.1, -0.05) is 17.7 Å². The van der Waals surface area contributed by atoms with Crippen LogP contribution in [0.25, 0.3) is 0 Å². The molecule has 0 aromatic heterocycles. The van der Waals surface area contributed by atoms with Gasteiger partial charge in [0.05, 0.1) is 4.92 Å². The highest BCUT2D eigenvalue weighted by molar-refractivity contribution is 6.31. The molecule has 26 heavy (non-hydrogen) atoms. The molecule has 0 unspecified atom stereocenters. The molecular formula is C17H15ClN4O4. The van der Waals surface area contributed by atoms with Gasteiger partial charge in [0.15, 0.2) is 0 Å². The summed E-state index contributed by atoms with van der Waals surface area (Å²) in [5.74, 6) is -0.663. The van der Waals surface area contributed by atoms with E-state index in [4.69, 9.17) is 11.6 Å². The number of rotatable bonds is 6. The number of hydrogen-bond acceptors (Lipinski definition) is 4. The molecular weight excluding hydrogens is 360 g/mol. The van der Waals surface area contributed by atoms with E-state index in [0.717, 1.165) is 0 Å². The molecule has 0 saturated carbocycles. The van der Waals surface area contributed by atoms with Crippen LogP contribution in [0.2, 0.25) is 5.02 Å². The van der Waals surface area contributed by atoms with Crippen molar-refractivity contribution >= 4 is 40.6 Å². The fraction of sp³-hybridized carbons (Fsp3) is 0.0588. The monoisotopic (exact) mass is 374 g/mol. The minimum absolute atomic E-state index is 0.145. The Hall–Kier alpha value is -3.39. The molecule has 0 radical (unpaired) electrons. The number of carbonyl (C=O) groups is 2. The Labute approximate surface area is 154 Å². The molecule has 0 bridgehead atoms. The van der Waals surface area contributed by atoms with E-state index in [1.165, 1.54) is 18.2 Å². The summed E-state index contributed by atoms with van der Waals surface area (Å²) < 4.78 is 0. The topological polar surface area (TPSA) is 113 Å². The van der Waals surface area contributed by atoms with Gasteiger partial charge in [0.25, 0.3) is 11.6 Å². The number of nitro groups is 1. The molecule has 2 aromatic carbocycles. The summed E-state index contributed by atoms with van der Waals surface area (Å²) in [6, 6.07) is 9.62. The van der Waals surface area contributed by atoms with Crippen molar-refractivity contribution in [2.45, 2.75) is 0 Å². The van der Waals surface area contributed by atoms with Crippen LogP contribution in [0, 0.1) is 10.1 Å². The highest BCUT2D eigenvalue weighted by atomic mass is 35.5. The number of nitrogens with one attached hydrogen (secondary N) is 3. The van der Waals surface area contributed by atoms with Crippen LogP contribution in [0.1, 0.15) is 10.4 Å². The Morgan fingerprint density at radius 1 is 1.12 bits per heavy atom. The highest BCUT2D eigenvalue weighted by Gasteiger charge is 2.20. The van der Waals surface area contributed by atoms with Crippen molar-refractivity contribution in [1.29, 1.82) is 0 Å². The van der Waals surface area contributed by atoms with Gasteiger partial charge in [-0.25, -0.2) is 4.79 Å². The first-order valence-electron chi connectivity index (χ1n) is 7.42. The van der Waals surface area contributed by atoms with Gasteiger partial charge >= 0.3 is 6.03 Å². The fourth-order valence-corrected chi connectivity index (χ4v) is 2.20. The molecule has 0 fully saturated rings. The molecule has 9 heteroatoms. The van der Waals surface area contributed by atoms with Gasteiger partial charge in [0.1, 0.15) is 5.56 Å². The number of nitro benzene ring substituents is 1. The minimum Gasteiger partial charge on any atom is -0.334 e. The van der Waals surface area contributed by atoms with Crippen molar-refractivity contribution in [2.75, 3.05) is 17.2 Å². The van der Waals surface area contributed by atoms with Gasteiger partial charge in [0, 0.05) is 29.0 Å². The van der Waals surface area contributed by atoms with E-state index in [1.807, 2.05) is 0 Å². The fourth-order valence-electron chi connectivity index (χ4n) is 2.02. The summed E-state index contributed by atoms with van der Waals surface area (Å²) in [4.78, 5) is 34.2. The number of hydrogen-bond donors (Lipinski definition) is 3. The van der Waals surface area contributed by atoms with Crippen LogP contribution in [0.4, 0.5) is 21.9 Å². The van der Waals surface area contributed by atoms with Gasteiger partial charge in [-0.3, -0.25) is 14.9 Å². The molecule has 0 atom stereocenters. The predicted octanol–water partition coefficient (Wildman–Crippen LogP) is 3.81. The van der Waals surface area contributed by atoms with Crippen molar-refractivity contribution in [3.05, 3.63) is 75.8 Å². The number of nitrogens with zero attached hydrogens (tertiary/aromatic N) is 1. The SMILES string of the molecule is C=CCNC(=O)Nc1ccc(NC(=O)c2cc(Cl)ccc2[N+](=O)[O-])cc1. The minimum atomic E-state index is -0.663. The maximum absolute atomic E-state index is 12.3. The van der Waals surface area contributed by atoms with Crippen LogP contribution in [-0.4, -0.2) is 23.4 Å². The summed E-state index contributed by atoms with van der Waals surface area (Å²) in [6.07, 6.45) is 1.55. The maximum Gasteiger partial charge on any atom is 0.319 e. The van der Waals surface area contributed by atoms with Crippen LogP contribution in [0.3, 0.4) is 0 Å². The number of amides is 3. The number of benzene rings is 2. The van der Waals surface area contributed by atoms with E-state index in [0.29, 0.717) is 17.9 Å². The lowest BCUT2D eigenvalue weighted by atomic mass is 10.1. The summed E-state index contributed by atoms with van der Waals surface area (Å²) in [5.41, 5.74) is 0.428. The van der Waals surface area contributed by atoms with E-state index >= 15 is 0 Å². The van der Waals surface area contributed by atoms with Crippen molar-refractivity contribution in [3.8, 4) is 0 Å². The average molecular weight is 375 g/mol. The van der Waals surface area contributed by atoms with Crippen LogP contribution < -0.4 is 16.0 Å². The van der Waals surface area contributed by atoms with Crippen LogP contribution >= 0.6 is 11.6 Å². The Morgan fingerprint density at radius 2 is 1.73 bits per heavy atom. The Morgan fingerprint density at radius 3 is 2.31 bits per heavy atom. The lowest BCUT2D eigenvalue weighted by Crippen LogP contribution is -2.28. The first kappa shape index (κ1) is 18.9. The molecule has 2 rings (SSSR count). The van der Waals surface area contributed by atoms with Crippen molar-refractivity contribution in [3.63, 3.8) is 0 Å². The second-order valence-electron chi connectivity index (χ2n) is 5.07. The standard InChI is InChI=1S/C17H15ClN4O4/c1-2-9-19-17(24)21-13-6-4-12(5-7-13)20-16(23)14-10-11(18)3-8-15(14)22(25)26/h2-8,10H,1,9H2,(H,20,23)(H2,19,21,24). The van der Waals surface area contributed by atoms with Gasteiger partial charge in [-0.15, -0.1) is 6.58 Å². The van der Waals surface area contributed by atoms with Gasteiger partial charge in [0.2, 0.25) is 0 Å². The average Bonchev–Trinajstić information content (AvgIpc) is 2.61. The smallest absolute Gasteiger partial charge is 0.319 e. The van der Waals surface area contributed by atoms with Gasteiger partial charge in [-0.2, -0.15) is 0 Å². The Kier molecular flexibility index (Phi) is 6.29. The largest absolute Gasteiger partial charge is 0.334 e. The maximum atomic E-state index is 12.3. The molecule has 0 heterocycles.